The Morgan fingerprint density at radius 3 is 3.07 bits per heavy atom. The van der Waals surface area contributed by atoms with Crippen LogP contribution in [0.25, 0.3) is 0 Å². The van der Waals surface area contributed by atoms with Gasteiger partial charge in [-0.1, -0.05) is 0 Å². The smallest absolute Gasteiger partial charge is 0.171 e. The summed E-state index contributed by atoms with van der Waals surface area (Å²) < 4.78 is 17.4. The zero-order valence-corrected chi connectivity index (χ0v) is 8.11. The molecule has 0 radical (unpaired) electrons. The van der Waals surface area contributed by atoms with Crippen LogP contribution in [0.5, 0.6) is 5.75 Å². The van der Waals surface area contributed by atoms with Crippen LogP contribution < -0.4 is 9.64 Å². The molecule has 3 nitrogen and oxygen atoms in total. The molecule has 0 saturated carbocycles. The molecule has 0 unspecified atom stereocenters. The minimum absolute atomic E-state index is 0.168. The van der Waals surface area contributed by atoms with Crippen molar-refractivity contribution in [2.75, 3.05) is 31.8 Å². The Kier molecular flexibility index (Phi) is 2.52. The number of rotatable bonds is 3. The summed E-state index contributed by atoms with van der Waals surface area (Å²) >= 11 is 0. The molecule has 0 aromatic carbocycles. The van der Waals surface area contributed by atoms with Crippen LogP contribution in [0.15, 0.2) is 18.3 Å². The van der Waals surface area contributed by atoms with E-state index in [4.69, 9.17) is 4.74 Å². The average molecular weight is 196 g/mol. The van der Waals surface area contributed by atoms with E-state index in [2.05, 4.69) is 4.98 Å². The highest BCUT2D eigenvalue weighted by Crippen LogP contribution is 2.30. The Labute approximate surface area is 82.5 Å². The van der Waals surface area contributed by atoms with Crippen molar-refractivity contribution in [1.82, 2.24) is 4.98 Å². The number of hydrogen-bond acceptors (Lipinski definition) is 3. The van der Waals surface area contributed by atoms with Crippen LogP contribution in [0.2, 0.25) is 0 Å². The molecule has 14 heavy (non-hydrogen) atoms. The van der Waals surface area contributed by atoms with Gasteiger partial charge < -0.3 is 9.64 Å². The van der Waals surface area contributed by atoms with Crippen LogP contribution >= 0.6 is 0 Å². The van der Waals surface area contributed by atoms with Crippen molar-refractivity contribution in [1.29, 1.82) is 0 Å². The fraction of sp³-hybridized carbons (Fsp3) is 0.500. The highest BCUT2D eigenvalue weighted by atomic mass is 19.1. The van der Waals surface area contributed by atoms with Crippen LogP contribution in [0.4, 0.5) is 10.2 Å². The molecule has 2 rings (SSSR count). The maximum absolute atomic E-state index is 12.2. The van der Waals surface area contributed by atoms with E-state index in [1.807, 2.05) is 17.0 Å². The molecule has 0 atom stereocenters. The Bertz CT molecular complexity index is 313. The number of pyridine rings is 1. The van der Waals surface area contributed by atoms with Crippen LogP contribution in [0.1, 0.15) is 0 Å². The van der Waals surface area contributed by atoms with E-state index in [-0.39, 0.29) is 12.6 Å². The molecular weight excluding hydrogens is 183 g/mol. The number of anilines is 1. The molecule has 0 spiro atoms. The summed E-state index contributed by atoms with van der Waals surface area (Å²) in [5.41, 5.74) is 0. The summed E-state index contributed by atoms with van der Waals surface area (Å²) in [6.45, 7) is 1.24. The van der Waals surface area contributed by atoms with E-state index in [0.717, 1.165) is 24.7 Å². The molecule has 0 N–H and O–H groups in total. The summed E-state index contributed by atoms with van der Waals surface area (Å²) in [5.74, 6) is 1.74. The van der Waals surface area contributed by atoms with Crippen molar-refractivity contribution in [2.24, 2.45) is 5.92 Å². The first-order chi connectivity index (χ1) is 6.85. The largest absolute Gasteiger partial charge is 0.493 e. The normalized spacial score (nSPS) is 16.6. The molecule has 0 amide bonds. The van der Waals surface area contributed by atoms with Crippen LogP contribution in [-0.2, 0) is 0 Å². The van der Waals surface area contributed by atoms with Gasteiger partial charge in [0.1, 0.15) is 0 Å². The van der Waals surface area contributed by atoms with Crippen molar-refractivity contribution >= 4 is 5.82 Å². The summed E-state index contributed by atoms with van der Waals surface area (Å²) in [6, 6.07) is 3.69. The third kappa shape index (κ3) is 1.52. The van der Waals surface area contributed by atoms with Gasteiger partial charge in [0.2, 0.25) is 0 Å². The lowest BCUT2D eigenvalue weighted by Crippen LogP contribution is -2.48. The van der Waals surface area contributed by atoms with Crippen molar-refractivity contribution in [3.05, 3.63) is 18.3 Å². The van der Waals surface area contributed by atoms with E-state index < -0.39 is 0 Å². The maximum atomic E-state index is 12.2. The number of methoxy groups -OCH3 is 1. The minimum atomic E-state index is -0.244. The first kappa shape index (κ1) is 9.24. The monoisotopic (exact) mass is 196 g/mol. The average Bonchev–Trinajstić information content (AvgIpc) is 2.17. The predicted octanol–water partition coefficient (Wildman–Crippen LogP) is 1.50. The lowest BCUT2D eigenvalue weighted by Gasteiger charge is -2.39. The second-order valence-corrected chi connectivity index (χ2v) is 3.45. The zero-order valence-electron chi connectivity index (χ0n) is 8.11. The van der Waals surface area contributed by atoms with Gasteiger partial charge in [-0.05, 0) is 12.1 Å². The van der Waals surface area contributed by atoms with Crippen LogP contribution in [0, 0.1) is 5.92 Å². The molecule has 4 heteroatoms. The predicted molar refractivity (Wildman–Crippen MR) is 52.5 cm³/mol. The summed E-state index contributed by atoms with van der Waals surface area (Å²) in [5, 5.41) is 0. The lowest BCUT2D eigenvalue weighted by molar-refractivity contribution is 0.301. The van der Waals surface area contributed by atoms with Gasteiger partial charge in [0.25, 0.3) is 0 Å². The van der Waals surface area contributed by atoms with Gasteiger partial charge in [-0.2, -0.15) is 0 Å². The molecule has 1 aliphatic heterocycles. The van der Waals surface area contributed by atoms with E-state index in [1.165, 1.54) is 0 Å². The van der Waals surface area contributed by atoms with E-state index in [9.17, 15) is 4.39 Å². The van der Waals surface area contributed by atoms with Gasteiger partial charge in [0.15, 0.2) is 11.6 Å². The van der Waals surface area contributed by atoms with Gasteiger partial charge in [0.05, 0.1) is 13.8 Å². The molecule has 1 aliphatic rings. The summed E-state index contributed by atoms with van der Waals surface area (Å²) in [7, 11) is 1.62. The number of halogens is 1. The van der Waals surface area contributed by atoms with Gasteiger partial charge in [-0.25, -0.2) is 4.98 Å². The third-order valence-electron chi connectivity index (χ3n) is 2.45. The Balaban J connectivity index is 2.10. The van der Waals surface area contributed by atoms with Crippen LogP contribution in [-0.4, -0.2) is 31.9 Å². The molecule has 0 aliphatic carbocycles. The molecular formula is C10H13FN2O. The highest BCUT2D eigenvalue weighted by molar-refractivity contribution is 5.53. The topological polar surface area (TPSA) is 25.4 Å². The Hall–Kier alpha value is -1.32. The maximum Gasteiger partial charge on any atom is 0.171 e. The molecule has 1 aromatic heterocycles. The minimum Gasteiger partial charge on any atom is -0.493 e. The van der Waals surface area contributed by atoms with E-state index in [0.29, 0.717) is 0 Å². The van der Waals surface area contributed by atoms with Gasteiger partial charge in [-0.3, -0.25) is 4.39 Å². The van der Waals surface area contributed by atoms with Gasteiger partial charge in [0, 0.05) is 25.2 Å². The molecule has 1 aromatic rings. The summed E-state index contributed by atoms with van der Waals surface area (Å²) in [4.78, 5) is 6.25. The van der Waals surface area contributed by atoms with Crippen molar-refractivity contribution in [3.8, 4) is 5.75 Å². The van der Waals surface area contributed by atoms with Crippen LogP contribution in [0.3, 0.4) is 0 Å². The summed E-state index contributed by atoms with van der Waals surface area (Å²) in [6.07, 6.45) is 1.72. The number of alkyl halides is 1. The zero-order chi connectivity index (χ0) is 9.97. The number of aromatic nitrogens is 1. The number of nitrogens with zero attached hydrogens (tertiary/aromatic N) is 2. The first-order valence-corrected chi connectivity index (χ1v) is 4.65. The molecule has 2 heterocycles. The fourth-order valence-electron chi connectivity index (χ4n) is 1.62. The SMILES string of the molecule is COc1cccnc1N1CC(CF)C1. The third-order valence-corrected chi connectivity index (χ3v) is 2.45. The van der Waals surface area contributed by atoms with Crippen molar-refractivity contribution in [3.63, 3.8) is 0 Å². The molecule has 1 fully saturated rings. The molecule has 0 bridgehead atoms. The lowest BCUT2D eigenvalue weighted by atomic mass is 10.0. The van der Waals surface area contributed by atoms with Crippen molar-refractivity contribution in [2.45, 2.75) is 0 Å². The van der Waals surface area contributed by atoms with Crippen molar-refractivity contribution < 1.29 is 9.13 Å². The Morgan fingerprint density at radius 1 is 1.64 bits per heavy atom. The van der Waals surface area contributed by atoms with E-state index in [1.54, 1.807) is 13.3 Å². The van der Waals surface area contributed by atoms with Gasteiger partial charge >= 0.3 is 0 Å². The fourth-order valence-corrected chi connectivity index (χ4v) is 1.62. The Morgan fingerprint density at radius 2 is 2.43 bits per heavy atom. The second kappa shape index (κ2) is 3.82. The highest BCUT2D eigenvalue weighted by Gasteiger charge is 2.29. The number of hydrogen-bond donors (Lipinski definition) is 0. The second-order valence-electron chi connectivity index (χ2n) is 3.45. The standard InChI is InChI=1S/C10H13FN2O/c1-14-9-3-2-4-12-10(9)13-6-8(5-11)7-13/h2-4,8H,5-7H2,1H3. The van der Waals surface area contributed by atoms with Gasteiger partial charge in [-0.15, -0.1) is 0 Å². The molecule has 76 valence electrons. The first-order valence-electron chi connectivity index (χ1n) is 4.65. The van der Waals surface area contributed by atoms with E-state index >= 15 is 0 Å². The molecule has 1 saturated heterocycles. The number of ether oxygens (including phenoxy) is 1. The quantitative estimate of drug-likeness (QED) is 0.732.